The highest BCUT2D eigenvalue weighted by atomic mass is 15.3. The lowest BCUT2D eigenvalue weighted by molar-refractivity contribution is -0.381. The maximum Gasteiger partial charge on any atom is 0.249 e. The summed E-state index contributed by atoms with van der Waals surface area (Å²) in [4.78, 5) is 0. The van der Waals surface area contributed by atoms with Gasteiger partial charge in [0.1, 0.15) is 0 Å². The molecule has 0 atom stereocenters. The van der Waals surface area contributed by atoms with Gasteiger partial charge in [0.15, 0.2) is 0 Å². The molecule has 1 saturated carbocycles. The smallest absolute Gasteiger partial charge is 0.249 e. The third-order valence-electron chi connectivity index (χ3n) is 4.89. The summed E-state index contributed by atoms with van der Waals surface area (Å²) in [7, 11) is 0. The second kappa shape index (κ2) is 2.12. The lowest BCUT2D eigenvalue weighted by atomic mass is 9.67. The van der Waals surface area contributed by atoms with Crippen LogP contribution >= 0.6 is 0 Å². The second-order valence-electron chi connectivity index (χ2n) is 6.07. The molecule has 0 aromatic rings. The van der Waals surface area contributed by atoms with E-state index in [1.54, 1.807) is 0 Å². The molecule has 0 amide bonds. The molecule has 0 spiro atoms. The standard InChI is InChI=1S/C12H18N2/c1-11(2)8-4-6-12(3,7-5-8)10-9(11)14(10)13/h8H,4-7H2,1-3H3. The molecule has 4 aliphatic rings. The molecule has 14 heavy (non-hydrogen) atoms. The summed E-state index contributed by atoms with van der Waals surface area (Å²) in [5, 5.41) is 0. The van der Waals surface area contributed by atoms with E-state index in [4.69, 9.17) is 0 Å². The van der Waals surface area contributed by atoms with E-state index in [0.717, 1.165) is 5.92 Å². The van der Waals surface area contributed by atoms with Gasteiger partial charge in [-0.15, -0.1) is 0 Å². The van der Waals surface area contributed by atoms with Gasteiger partial charge >= 0.3 is 0 Å². The molecule has 1 fully saturated rings. The number of hydrogen-bond acceptors (Lipinski definition) is 0. The monoisotopic (exact) mass is 190 g/mol. The van der Waals surface area contributed by atoms with Gasteiger partial charge in [-0.25, -0.2) is 4.70 Å². The minimum Gasteiger partial charge on any atom is -0.493 e. The highest BCUT2D eigenvalue weighted by molar-refractivity contribution is 5.31. The maximum atomic E-state index is 9.83. The van der Waals surface area contributed by atoms with Crippen LogP contribution in [0.1, 0.15) is 46.5 Å². The molecule has 0 saturated heterocycles. The number of fused-ring (bicyclic) bond motifs is 2. The molecule has 0 aromatic carbocycles. The molecule has 4 rings (SSSR count). The Hall–Kier alpha value is -0.660. The number of allylic oxidation sites excluding steroid dienone is 2. The third-order valence-corrected chi connectivity index (χ3v) is 4.89. The first-order valence-corrected chi connectivity index (χ1v) is 5.71. The van der Waals surface area contributed by atoms with Crippen LogP contribution in [0.25, 0.3) is 5.53 Å². The zero-order chi connectivity index (χ0) is 10.1. The summed E-state index contributed by atoms with van der Waals surface area (Å²) < 4.78 is 1.48. The first-order chi connectivity index (χ1) is 6.47. The Bertz CT molecular complexity index is 347. The van der Waals surface area contributed by atoms with Gasteiger partial charge in [-0.3, -0.25) is 0 Å². The van der Waals surface area contributed by atoms with E-state index in [0.29, 0.717) is 0 Å². The first-order valence-electron chi connectivity index (χ1n) is 5.71. The molecule has 0 aromatic heterocycles. The van der Waals surface area contributed by atoms with E-state index < -0.39 is 0 Å². The van der Waals surface area contributed by atoms with Crippen molar-refractivity contribution in [3.63, 3.8) is 0 Å². The summed E-state index contributed by atoms with van der Waals surface area (Å²) in [6.45, 7) is 6.90. The molecular weight excluding hydrogens is 172 g/mol. The van der Waals surface area contributed by atoms with Crippen molar-refractivity contribution in [2.24, 2.45) is 16.7 Å². The van der Waals surface area contributed by atoms with Crippen LogP contribution < -0.4 is 0 Å². The second-order valence-corrected chi connectivity index (χ2v) is 6.07. The van der Waals surface area contributed by atoms with Crippen molar-refractivity contribution >= 4 is 0 Å². The molecule has 1 aliphatic heterocycles. The Balaban J connectivity index is 2.15. The average molecular weight is 190 g/mol. The Labute approximate surface area is 85.5 Å². The van der Waals surface area contributed by atoms with Crippen LogP contribution in [0, 0.1) is 16.7 Å². The molecule has 2 heteroatoms. The topological polar surface area (TPSA) is 25.3 Å². The number of rotatable bonds is 0. The Morgan fingerprint density at radius 1 is 1.14 bits per heavy atom. The van der Waals surface area contributed by atoms with E-state index in [9.17, 15) is 5.53 Å². The molecule has 0 N–H and O–H groups in total. The van der Waals surface area contributed by atoms with Crippen LogP contribution in [0.4, 0.5) is 0 Å². The van der Waals surface area contributed by atoms with Crippen LogP contribution in [0.2, 0.25) is 0 Å². The van der Waals surface area contributed by atoms with E-state index >= 15 is 0 Å². The van der Waals surface area contributed by atoms with Crippen molar-refractivity contribution < 1.29 is 4.70 Å². The van der Waals surface area contributed by atoms with E-state index in [2.05, 4.69) is 20.8 Å². The molecular formula is C12H18N2. The molecule has 3 aliphatic carbocycles. The van der Waals surface area contributed by atoms with Crippen molar-refractivity contribution in [3.8, 4) is 0 Å². The highest BCUT2D eigenvalue weighted by Crippen LogP contribution is 2.64. The fraction of sp³-hybridized carbons (Fsp3) is 0.833. The molecule has 2 nitrogen and oxygen atoms in total. The minimum absolute atomic E-state index is 0.207. The van der Waals surface area contributed by atoms with Gasteiger partial charge in [0.2, 0.25) is 11.4 Å². The highest BCUT2D eigenvalue weighted by Gasteiger charge is 2.63. The zero-order valence-electron chi connectivity index (χ0n) is 9.30. The van der Waals surface area contributed by atoms with Gasteiger partial charge in [0.25, 0.3) is 0 Å². The Kier molecular flexibility index (Phi) is 1.31. The van der Waals surface area contributed by atoms with E-state index in [1.807, 2.05) is 0 Å². The maximum absolute atomic E-state index is 9.83. The number of hydrogen-bond donors (Lipinski definition) is 0. The summed E-state index contributed by atoms with van der Waals surface area (Å²) in [5.74, 6) is 0.778. The quantitative estimate of drug-likeness (QED) is 0.523. The van der Waals surface area contributed by atoms with Gasteiger partial charge in [-0.2, -0.15) is 0 Å². The fourth-order valence-electron chi connectivity index (χ4n) is 3.68. The van der Waals surface area contributed by atoms with Crippen molar-refractivity contribution in [1.29, 1.82) is 0 Å². The summed E-state index contributed by atoms with van der Waals surface area (Å²) >= 11 is 0. The van der Waals surface area contributed by atoms with Crippen LogP contribution in [-0.4, -0.2) is 4.70 Å². The largest absolute Gasteiger partial charge is 0.493 e. The van der Waals surface area contributed by atoms with Gasteiger partial charge in [0, 0.05) is 0 Å². The SMILES string of the molecule is CC12CCC(CC1)C(C)(C)C1=C2[N+]1=[N-]. The first kappa shape index (κ1) is 8.63. The molecule has 1 heterocycles. The summed E-state index contributed by atoms with van der Waals surface area (Å²) in [6, 6.07) is 0. The predicted octanol–water partition coefficient (Wildman–Crippen LogP) is 3.48. The van der Waals surface area contributed by atoms with Crippen molar-refractivity contribution in [2.75, 3.05) is 0 Å². The minimum atomic E-state index is 0.207. The summed E-state index contributed by atoms with van der Waals surface area (Å²) in [5.41, 5.74) is 12.8. The Morgan fingerprint density at radius 2 is 1.71 bits per heavy atom. The van der Waals surface area contributed by atoms with Crippen molar-refractivity contribution in [1.82, 2.24) is 0 Å². The third kappa shape index (κ3) is 0.783. The molecule has 0 unspecified atom stereocenters. The van der Waals surface area contributed by atoms with Crippen molar-refractivity contribution in [2.45, 2.75) is 46.5 Å². The zero-order valence-corrected chi connectivity index (χ0v) is 9.30. The lowest BCUT2D eigenvalue weighted by Gasteiger charge is -2.37. The van der Waals surface area contributed by atoms with Gasteiger partial charge in [-0.1, -0.05) is 0 Å². The summed E-state index contributed by atoms with van der Waals surface area (Å²) in [6.07, 6.45) is 5.20. The van der Waals surface area contributed by atoms with Crippen LogP contribution in [0.3, 0.4) is 0 Å². The van der Waals surface area contributed by atoms with E-state index in [1.165, 1.54) is 41.8 Å². The molecule has 0 radical (unpaired) electrons. The average Bonchev–Trinajstić information content (AvgIpc) is 2.80. The predicted molar refractivity (Wildman–Crippen MR) is 54.5 cm³/mol. The van der Waals surface area contributed by atoms with Gasteiger partial charge in [-0.05, 0) is 52.4 Å². The Morgan fingerprint density at radius 3 is 2.29 bits per heavy atom. The van der Waals surface area contributed by atoms with Crippen molar-refractivity contribution in [3.05, 3.63) is 16.9 Å². The van der Waals surface area contributed by atoms with Crippen LogP contribution in [-0.2, 0) is 0 Å². The fourth-order valence-corrected chi connectivity index (χ4v) is 3.68. The van der Waals surface area contributed by atoms with Crippen LogP contribution in [0.15, 0.2) is 11.4 Å². The van der Waals surface area contributed by atoms with Crippen LogP contribution in [0.5, 0.6) is 0 Å². The molecule has 76 valence electrons. The normalized spacial score (nSPS) is 43.6. The number of nitrogens with zero attached hydrogens (tertiary/aromatic N) is 2. The molecule has 2 bridgehead atoms. The van der Waals surface area contributed by atoms with E-state index in [-0.39, 0.29) is 10.8 Å². The van der Waals surface area contributed by atoms with Gasteiger partial charge < -0.3 is 5.53 Å². The van der Waals surface area contributed by atoms with Gasteiger partial charge in [0.05, 0.1) is 10.8 Å². The lowest BCUT2D eigenvalue weighted by Crippen LogP contribution is -2.31.